The zero-order valence-electron chi connectivity index (χ0n) is 13.5. The number of nitrogens with zero attached hydrogens (tertiary/aromatic N) is 2. The van der Waals surface area contributed by atoms with Gasteiger partial charge in [0.1, 0.15) is 11.4 Å². The molecule has 9 heteroatoms. The van der Waals surface area contributed by atoms with Crippen LogP contribution in [0.3, 0.4) is 0 Å². The molecular weight excluding hydrogens is 359 g/mol. The predicted molar refractivity (Wildman–Crippen MR) is 82.2 cm³/mol. The highest BCUT2D eigenvalue weighted by Crippen LogP contribution is 2.36. The van der Waals surface area contributed by atoms with Crippen molar-refractivity contribution in [2.75, 3.05) is 18.0 Å². The number of halogens is 5. The van der Waals surface area contributed by atoms with Crippen molar-refractivity contribution in [2.45, 2.75) is 37.8 Å². The first-order valence-electron chi connectivity index (χ1n) is 8.07. The molecule has 0 bridgehead atoms. The van der Waals surface area contributed by atoms with Gasteiger partial charge in [0.2, 0.25) is 0 Å². The van der Waals surface area contributed by atoms with Crippen LogP contribution in [0.1, 0.15) is 47.3 Å². The van der Waals surface area contributed by atoms with E-state index < -0.39 is 53.5 Å². The first-order chi connectivity index (χ1) is 12.1. The van der Waals surface area contributed by atoms with E-state index in [1.807, 2.05) is 0 Å². The molecule has 4 nitrogen and oxygen atoms in total. The van der Waals surface area contributed by atoms with Gasteiger partial charge >= 0.3 is 12.1 Å². The SMILES string of the molecule is O=C(O)c1cc(C#CC2CC2)c(C(F)(F)F)nc1N1CCC(F)(F)CC1. The lowest BCUT2D eigenvalue weighted by atomic mass is 10.0. The summed E-state index contributed by atoms with van der Waals surface area (Å²) < 4.78 is 66.7. The number of carboxylic acid groups (broad SMARTS) is 1. The maximum atomic E-state index is 13.4. The largest absolute Gasteiger partial charge is 0.478 e. The molecule has 1 aliphatic heterocycles. The van der Waals surface area contributed by atoms with Gasteiger partial charge in [-0.3, -0.25) is 0 Å². The second kappa shape index (κ2) is 6.41. The molecule has 0 radical (unpaired) electrons. The standard InChI is InChI=1S/C17H15F5N2O2/c18-16(19)5-7-24(8-6-16)14-12(15(25)26)9-11(4-3-10-1-2-10)13(23-14)17(20,21)22/h9-10H,1-2,5-8H2,(H,25,26). The minimum atomic E-state index is -4.83. The number of pyridine rings is 1. The van der Waals surface area contributed by atoms with E-state index >= 15 is 0 Å². The first-order valence-corrected chi connectivity index (χ1v) is 8.07. The van der Waals surface area contributed by atoms with E-state index in [4.69, 9.17) is 0 Å². The number of hydrogen-bond donors (Lipinski definition) is 1. The van der Waals surface area contributed by atoms with Crippen LogP contribution in [0.2, 0.25) is 0 Å². The summed E-state index contributed by atoms with van der Waals surface area (Å²) in [5, 5.41) is 9.36. The van der Waals surface area contributed by atoms with Crippen molar-refractivity contribution in [3.63, 3.8) is 0 Å². The Morgan fingerprint density at radius 2 is 1.88 bits per heavy atom. The van der Waals surface area contributed by atoms with Crippen molar-refractivity contribution in [1.82, 2.24) is 4.98 Å². The number of alkyl halides is 5. The number of anilines is 1. The molecule has 3 rings (SSSR count). The molecule has 1 aromatic heterocycles. The average molecular weight is 374 g/mol. The third-order valence-corrected chi connectivity index (χ3v) is 4.28. The second-order valence-electron chi connectivity index (χ2n) is 6.45. The molecule has 0 amide bonds. The Balaban J connectivity index is 2.06. The number of piperidine rings is 1. The van der Waals surface area contributed by atoms with E-state index in [1.165, 1.54) is 0 Å². The molecule has 0 unspecified atom stereocenters. The second-order valence-corrected chi connectivity index (χ2v) is 6.45. The van der Waals surface area contributed by atoms with Crippen LogP contribution in [0.15, 0.2) is 6.07 Å². The van der Waals surface area contributed by atoms with Crippen LogP contribution >= 0.6 is 0 Å². The summed E-state index contributed by atoms with van der Waals surface area (Å²) in [5.74, 6) is 0.233. The third-order valence-electron chi connectivity index (χ3n) is 4.28. The summed E-state index contributed by atoms with van der Waals surface area (Å²) in [6.07, 6.45) is -4.38. The molecule has 1 aromatic rings. The van der Waals surface area contributed by atoms with E-state index in [9.17, 15) is 31.9 Å². The Morgan fingerprint density at radius 1 is 1.27 bits per heavy atom. The molecule has 140 valence electrons. The number of hydrogen-bond acceptors (Lipinski definition) is 3. The monoisotopic (exact) mass is 374 g/mol. The van der Waals surface area contributed by atoms with Crippen LogP contribution in [0.25, 0.3) is 0 Å². The van der Waals surface area contributed by atoms with Crippen molar-refractivity contribution >= 4 is 11.8 Å². The third kappa shape index (κ3) is 4.06. The van der Waals surface area contributed by atoms with Gasteiger partial charge in [0.15, 0.2) is 5.69 Å². The molecule has 1 aliphatic carbocycles. The Labute approximate surface area is 146 Å². The molecular formula is C17H15F5N2O2. The predicted octanol–water partition coefficient (Wildman–Crippen LogP) is 3.80. The summed E-state index contributed by atoms with van der Waals surface area (Å²) in [6, 6.07) is 0.843. The minimum Gasteiger partial charge on any atom is -0.478 e. The summed E-state index contributed by atoms with van der Waals surface area (Å²) in [5.41, 5.74) is -2.26. The van der Waals surface area contributed by atoms with E-state index in [0.29, 0.717) is 0 Å². The zero-order chi connectivity index (χ0) is 19.1. The summed E-state index contributed by atoms with van der Waals surface area (Å²) in [6.45, 7) is -0.546. The first kappa shape index (κ1) is 18.4. The van der Waals surface area contributed by atoms with Gasteiger partial charge in [0.25, 0.3) is 5.92 Å². The van der Waals surface area contributed by atoms with Gasteiger partial charge in [0, 0.05) is 31.8 Å². The van der Waals surface area contributed by atoms with Crippen LogP contribution < -0.4 is 4.90 Å². The molecule has 1 saturated heterocycles. The molecule has 2 aliphatic rings. The van der Waals surface area contributed by atoms with Crippen LogP contribution in [-0.2, 0) is 6.18 Å². The summed E-state index contributed by atoms with van der Waals surface area (Å²) in [4.78, 5) is 16.2. The van der Waals surface area contributed by atoms with E-state index in [-0.39, 0.29) is 19.0 Å². The van der Waals surface area contributed by atoms with E-state index in [2.05, 4.69) is 16.8 Å². The molecule has 1 N–H and O–H groups in total. The lowest BCUT2D eigenvalue weighted by molar-refractivity contribution is -0.141. The molecule has 0 atom stereocenters. The fourth-order valence-corrected chi connectivity index (χ4v) is 2.67. The topological polar surface area (TPSA) is 53.4 Å². The van der Waals surface area contributed by atoms with Crippen molar-refractivity contribution in [3.8, 4) is 11.8 Å². The van der Waals surface area contributed by atoms with Crippen LogP contribution in [-0.4, -0.2) is 35.1 Å². The zero-order valence-corrected chi connectivity index (χ0v) is 13.5. The lowest BCUT2D eigenvalue weighted by Crippen LogP contribution is -2.40. The van der Waals surface area contributed by atoms with Crippen molar-refractivity contribution in [2.24, 2.45) is 5.92 Å². The highest BCUT2D eigenvalue weighted by atomic mass is 19.4. The van der Waals surface area contributed by atoms with E-state index in [0.717, 1.165) is 23.8 Å². The number of carboxylic acids is 1. The molecule has 1 saturated carbocycles. The normalized spacial score (nSPS) is 19.7. The molecule has 0 aromatic carbocycles. The fourth-order valence-electron chi connectivity index (χ4n) is 2.67. The van der Waals surface area contributed by atoms with Crippen LogP contribution in [0.5, 0.6) is 0 Å². The van der Waals surface area contributed by atoms with Crippen molar-refractivity contribution < 1.29 is 31.9 Å². The fraction of sp³-hybridized carbons (Fsp3) is 0.529. The Morgan fingerprint density at radius 3 is 2.38 bits per heavy atom. The van der Waals surface area contributed by atoms with Gasteiger partial charge in [-0.15, -0.1) is 0 Å². The van der Waals surface area contributed by atoms with Gasteiger partial charge in [-0.2, -0.15) is 13.2 Å². The molecule has 0 spiro atoms. The highest BCUT2D eigenvalue weighted by molar-refractivity contribution is 5.94. The number of carbonyl (C=O) groups is 1. The minimum absolute atomic E-state index is 0.0216. The maximum Gasteiger partial charge on any atom is 0.434 e. The van der Waals surface area contributed by atoms with Crippen molar-refractivity contribution in [1.29, 1.82) is 0 Å². The van der Waals surface area contributed by atoms with Gasteiger partial charge < -0.3 is 10.0 Å². The van der Waals surface area contributed by atoms with Crippen LogP contribution in [0.4, 0.5) is 27.8 Å². The van der Waals surface area contributed by atoms with Gasteiger partial charge in [-0.25, -0.2) is 18.6 Å². The number of aromatic carboxylic acids is 1. The highest BCUT2D eigenvalue weighted by Gasteiger charge is 2.40. The van der Waals surface area contributed by atoms with Crippen molar-refractivity contribution in [3.05, 3.63) is 22.9 Å². The number of aromatic nitrogens is 1. The van der Waals surface area contributed by atoms with E-state index in [1.54, 1.807) is 0 Å². The Hall–Kier alpha value is -2.37. The summed E-state index contributed by atoms with van der Waals surface area (Å²) in [7, 11) is 0. The molecule has 26 heavy (non-hydrogen) atoms. The van der Waals surface area contributed by atoms with Gasteiger partial charge in [-0.1, -0.05) is 11.8 Å². The van der Waals surface area contributed by atoms with Crippen LogP contribution in [0, 0.1) is 17.8 Å². The quantitative estimate of drug-likeness (QED) is 0.632. The Bertz CT molecular complexity index is 781. The average Bonchev–Trinajstić information content (AvgIpc) is 3.35. The van der Waals surface area contributed by atoms with Gasteiger partial charge in [0.05, 0.1) is 5.56 Å². The summed E-state index contributed by atoms with van der Waals surface area (Å²) >= 11 is 0. The number of rotatable bonds is 2. The maximum absolute atomic E-state index is 13.4. The van der Waals surface area contributed by atoms with Gasteiger partial charge in [-0.05, 0) is 18.9 Å². The smallest absolute Gasteiger partial charge is 0.434 e. The molecule has 2 fully saturated rings. The Kier molecular flexibility index (Phi) is 4.54. The molecule has 2 heterocycles. The lowest BCUT2D eigenvalue weighted by Gasteiger charge is -2.33.